The van der Waals surface area contributed by atoms with Crippen molar-refractivity contribution in [3.8, 4) is 5.75 Å². The first-order valence-corrected chi connectivity index (χ1v) is 10.1. The first-order valence-electron chi connectivity index (χ1n) is 8.40. The van der Waals surface area contributed by atoms with E-state index in [2.05, 4.69) is 0 Å². The van der Waals surface area contributed by atoms with E-state index in [9.17, 15) is 9.36 Å². The lowest BCUT2D eigenvalue weighted by atomic mass is 10.0. The van der Waals surface area contributed by atoms with E-state index < -0.39 is 7.14 Å². The summed E-state index contributed by atoms with van der Waals surface area (Å²) in [6, 6.07) is 21.6. The van der Waals surface area contributed by atoms with Gasteiger partial charge in [0.15, 0.2) is 0 Å². The van der Waals surface area contributed by atoms with Crippen molar-refractivity contribution >= 4 is 23.3 Å². The summed E-state index contributed by atoms with van der Waals surface area (Å²) in [5.74, 6) is 0.660. The number of ether oxygens (including phenoxy) is 1. The minimum Gasteiger partial charge on any atom is -0.497 e. The van der Waals surface area contributed by atoms with Gasteiger partial charge >= 0.3 is 0 Å². The zero-order valence-electron chi connectivity index (χ0n) is 15.1. The molecule has 1 atom stereocenters. The van der Waals surface area contributed by atoms with Gasteiger partial charge in [-0.3, -0.25) is 4.79 Å². The SMILES string of the molecule is COc1ccc(P(=O)(C(=O)c2c(C)cccc2C)c2ccccc2)cc1. The third-order valence-electron chi connectivity index (χ3n) is 4.54. The molecule has 3 aromatic rings. The van der Waals surface area contributed by atoms with Crippen LogP contribution in [0.1, 0.15) is 21.5 Å². The number of methoxy groups -OCH3 is 1. The Bertz CT molecular complexity index is 956. The third-order valence-corrected chi connectivity index (χ3v) is 7.38. The molecule has 0 bridgehead atoms. The fourth-order valence-electron chi connectivity index (χ4n) is 3.12. The molecule has 3 aromatic carbocycles. The predicted octanol–water partition coefficient (Wildman–Crippen LogP) is 4.47. The van der Waals surface area contributed by atoms with Gasteiger partial charge in [-0.25, -0.2) is 0 Å². The highest BCUT2D eigenvalue weighted by Gasteiger charge is 2.37. The van der Waals surface area contributed by atoms with Crippen molar-refractivity contribution in [2.24, 2.45) is 0 Å². The third kappa shape index (κ3) is 3.11. The van der Waals surface area contributed by atoms with E-state index in [4.69, 9.17) is 4.74 Å². The smallest absolute Gasteiger partial charge is 0.230 e. The van der Waals surface area contributed by atoms with E-state index >= 15 is 0 Å². The van der Waals surface area contributed by atoms with Crippen LogP contribution in [0.4, 0.5) is 0 Å². The number of hydrogen-bond donors (Lipinski definition) is 0. The number of carbonyl (C=O) groups excluding carboxylic acids is 1. The quantitative estimate of drug-likeness (QED) is 0.628. The Kier molecular flexibility index (Phi) is 5.11. The zero-order chi connectivity index (χ0) is 18.7. The maximum Gasteiger partial charge on any atom is 0.230 e. The van der Waals surface area contributed by atoms with Crippen LogP contribution in [0, 0.1) is 13.8 Å². The molecule has 0 radical (unpaired) electrons. The predicted molar refractivity (Wildman–Crippen MR) is 107 cm³/mol. The summed E-state index contributed by atoms with van der Waals surface area (Å²) in [5.41, 5.74) is 1.87. The lowest BCUT2D eigenvalue weighted by Crippen LogP contribution is -2.23. The van der Waals surface area contributed by atoms with Crippen molar-refractivity contribution in [3.05, 3.63) is 89.5 Å². The number of aryl methyl sites for hydroxylation is 2. The number of carbonyl (C=O) groups is 1. The van der Waals surface area contributed by atoms with Gasteiger partial charge in [0.25, 0.3) is 0 Å². The maximum atomic E-state index is 14.2. The van der Waals surface area contributed by atoms with Crippen LogP contribution in [0.5, 0.6) is 5.75 Å². The summed E-state index contributed by atoms with van der Waals surface area (Å²) in [5, 5.41) is 1.05. The molecule has 0 aromatic heterocycles. The molecule has 0 amide bonds. The second-order valence-electron chi connectivity index (χ2n) is 6.21. The average Bonchev–Trinajstić information content (AvgIpc) is 2.68. The highest BCUT2D eigenvalue weighted by molar-refractivity contribution is 7.93. The van der Waals surface area contributed by atoms with Crippen LogP contribution in [-0.2, 0) is 4.57 Å². The molecule has 0 aliphatic rings. The Balaban J connectivity index is 2.24. The van der Waals surface area contributed by atoms with Crippen molar-refractivity contribution in [2.45, 2.75) is 13.8 Å². The van der Waals surface area contributed by atoms with Crippen molar-refractivity contribution in [2.75, 3.05) is 7.11 Å². The fourth-order valence-corrected chi connectivity index (χ4v) is 5.72. The van der Waals surface area contributed by atoms with Gasteiger partial charge in [0.1, 0.15) is 5.75 Å². The summed E-state index contributed by atoms with van der Waals surface area (Å²) >= 11 is 0. The van der Waals surface area contributed by atoms with E-state index in [-0.39, 0.29) is 5.52 Å². The van der Waals surface area contributed by atoms with Crippen LogP contribution >= 0.6 is 7.14 Å². The van der Waals surface area contributed by atoms with Gasteiger partial charge < -0.3 is 9.30 Å². The number of hydrogen-bond acceptors (Lipinski definition) is 3. The Morgan fingerprint density at radius 1 is 0.769 bits per heavy atom. The molecule has 0 fully saturated rings. The van der Waals surface area contributed by atoms with Crippen LogP contribution in [0.15, 0.2) is 72.8 Å². The molecule has 0 aliphatic heterocycles. The standard InChI is InChI=1S/C22H21O3P/c1-16-8-7-9-17(2)21(16)22(23)26(24,19-10-5-4-6-11-19)20-14-12-18(25-3)13-15-20/h4-15H,1-3H3. The van der Waals surface area contributed by atoms with Crippen LogP contribution < -0.4 is 15.3 Å². The molecule has 3 nitrogen and oxygen atoms in total. The first-order chi connectivity index (χ1) is 12.5. The summed E-state index contributed by atoms with van der Waals surface area (Å²) in [4.78, 5) is 13.6. The fraction of sp³-hybridized carbons (Fsp3) is 0.136. The van der Waals surface area contributed by atoms with Crippen LogP contribution in [-0.4, -0.2) is 12.6 Å². The molecule has 26 heavy (non-hydrogen) atoms. The van der Waals surface area contributed by atoms with Gasteiger partial charge in [-0.1, -0.05) is 48.5 Å². The number of rotatable bonds is 5. The molecule has 0 saturated heterocycles. The summed E-state index contributed by atoms with van der Waals surface area (Å²) < 4.78 is 19.4. The molecule has 3 rings (SSSR count). The van der Waals surface area contributed by atoms with Gasteiger partial charge in [-0.05, 0) is 49.2 Å². The maximum absolute atomic E-state index is 14.2. The van der Waals surface area contributed by atoms with Crippen molar-refractivity contribution in [1.82, 2.24) is 0 Å². The Morgan fingerprint density at radius 3 is 1.85 bits per heavy atom. The summed E-state index contributed by atoms with van der Waals surface area (Å²) in [6.45, 7) is 3.76. The van der Waals surface area contributed by atoms with Crippen LogP contribution in [0.3, 0.4) is 0 Å². The first kappa shape index (κ1) is 18.2. The summed E-state index contributed by atoms with van der Waals surface area (Å²) in [6.07, 6.45) is 0. The van der Waals surface area contributed by atoms with Crippen LogP contribution in [0.25, 0.3) is 0 Å². The molecule has 0 aliphatic carbocycles. The van der Waals surface area contributed by atoms with Gasteiger partial charge in [0.2, 0.25) is 12.7 Å². The highest BCUT2D eigenvalue weighted by Crippen LogP contribution is 2.48. The lowest BCUT2D eigenvalue weighted by molar-refractivity contribution is 0.107. The average molecular weight is 364 g/mol. The van der Waals surface area contributed by atoms with Crippen molar-refractivity contribution < 1.29 is 14.1 Å². The Labute approximate surface area is 154 Å². The minimum atomic E-state index is -3.52. The molecule has 0 heterocycles. The van der Waals surface area contributed by atoms with Gasteiger partial charge in [0, 0.05) is 16.2 Å². The second kappa shape index (κ2) is 7.31. The Morgan fingerprint density at radius 2 is 1.31 bits per heavy atom. The van der Waals surface area contributed by atoms with E-state index in [1.165, 1.54) is 0 Å². The van der Waals surface area contributed by atoms with Crippen molar-refractivity contribution in [1.29, 1.82) is 0 Å². The molecule has 4 heteroatoms. The monoisotopic (exact) mass is 364 g/mol. The van der Waals surface area contributed by atoms with E-state index in [1.807, 2.05) is 50.2 Å². The van der Waals surface area contributed by atoms with Gasteiger partial charge in [0.05, 0.1) is 7.11 Å². The van der Waals surface area contributed by atoms with Crippen LogP contribution in [0.2, 0.25) is 0 Å². The molecule has 132 valence electrons. The minimum absolute atomic E-state index is 0.329. The Hall–Kier alpha value is -2.64. The van der Waals surface area contributed by atoms with E-state index in [1.54, 1.807) is 43.5 Å². The van der Waals surface area contributed by atoms with Gasteiger partial charge in [-0.2, -0.15) is 0 Å². The van der Waals surface area contributed by atoms with E-state index in [0.29, 0.717) is 21.9 Å². The van der Waals surface area contributed by atoms with E-state index in [0.717, 1.165) is 11.1 Å². The van der Waals surface area contributed by atoms with Crippen molar-refractivity contribution in [3.63, 3.8) is 0 Å². The normalized spacial score (nSPS) is 13.0. The largest absolute Gasteiger partial charge is 0.497 e. The zero-order valence-corrected chi connectivity index (χ0v) is 16.0. The second-order valence-corrected chi connectivity index (χ2v) is 8.87. The van der Waals surface area contributed by atoms with Gasteiger partial charge in [-0.15, -0.1) is 0 Å². The molecule has 0 spiro atoms. The number of benzene rings is 3. The molecule has 0 saturated carbocycles. The highest BCUT2D eigenvalue weighted by atomic mass is 31.2. The lowest BCUT2D eigenvalue weighted by Gasteiger charge is -2.20. The molecular formula is C22H21O3P. The summed E-state index contributed by atoms with van der Waals surface area (Å²) in [7, 11) is -1.94. The molecular weight excluding hydrogens is 343 g/mol. The molecule has 0 N–H and O–H groups in total. The molecule has 1 unspecified atom stereocenters. The topological polar surface area (TPSA) is 43.4 Å².